The molecule has 0 saturated carbocycles. The number of pyridine rings is 1. The van der Waals surface area contributed by atoms with Crippen molar-refractivity contribution in [3.05, 3.63) is 51.8 Å². The summed E-state index contributed by atoms with van der Waals surface area (Å²) in [5.74, 6) is 0.348. The van der Waals surface area contributed by atoms with Gasteiger partial charge in [-0.3, -0.25) is 9.19 Å². The SMILES string of the molecule is Cc1cc(C)c(CS(=O)c2nc3ccc(Cl)cc3[nH]2)nc1C. The fourth-order valence-electron chi connectivity index (χ4n) is 2.30. The fraction of sp³-hybridized carbons (Fsp3) is 0.250. The Morgan fingerprint density at radius 2 is 1.91 bits per heavy atom. The number of aryl methyl sites for hydroxylation is 3. The van der Waals surface area contributed by atoms with Crippen molar-refractivity contribution in [2.75, 3.05) is 0 Å². The Balaban J connectivity index is 1.91. The number of nitrogens with zero attached hydrogens (tertiary/aromatic N) is 2. The number of halogens is 1. The van der Waals surface area contributed by atoms with E-state index in [1.54, 1.807) is 12.1 Å². The van der Waals surface area contributed by atoms with Gasteiger partial charge in [0.1, 0.15) is 0 Å². The van der Waals surface area contributed by atoms with Crippen LogP contribution < -0.4 is 0 Å². The molecule has 0 aliphatic heterocycles. The predicted octanol–water partition coefficient (Wildman–Crippen LogP) is 3.84. The summed E-state index contributed by atoms with van der Waals surface area (Å²) in [6.45, 7) is 5.98. The summed E-state index contributed by atoms with van der Waals surface area (Å²) in [6.07, 6.45) is 0. The van der Waals surface area contributed by atoms with Gasteiger partial charge in [-0.2, -0.15) is 0 Å². The van der Waals surface area contributed by atoms with Crippen molar-refractivity contribution in [3.63, 3.8) is 0 Å². The number of hydrogen-bond acceptors (Lipinski definition) is 3. The lowest BCUT2D eigenvalue weighted by Gasteiger charge is -2.07. The number of nitrogens with one attached hydrogen (secondary N) is 1. The summed E-state index contributed by atoms with van der Waals surface area (Å²) in [5.41, 5.74) is 5.56. The van der Waals surface area contributed by atoms with E-state index in [0.29, 0.717) is 15.9 Å². The maximum atomic E-state index is 12.6. The first kappa shape index (κ1) is 15.2. The van der Waals surface area contributed by atoms with Crippen LogP contribution >= 0.6 is 11.6 Å². The maximum absolute atomic E-state index is 12.6. The average molecular weight is 334 g/mol. The van der Waals surface area contributed by atoms with Crippen LogP contribution in [0.2, 0.25) is 5.02 Å². The second kappa shape index (κ2) is 5.82. The molecule has 6 heteroatoms. The normalized spacial score (nSPS) is 12.7. The van der Waals surface area contributed by atoms with Crippen LogP contribution in [0.1, 0.15) is 22.5 Å². The maximum Gasteiger partial charge on any atom is 0.197 e. The third kappa shape index (κ3) is 2.91. The highest BCUT2D eigenvalue weighted by atomic mass is 35.5. The molecule has 0 saturated heterocycles. The molecule has 114 valence electrons. The van der Waals surface area contributed by atoms with Crippen molar-refractivity contribution in [2.45, 2.75) is 31.7 Å². The number of H-pyrrole nitrogens is 1. The highest BCUT2D eigenvalue weighted by molar-refractivity contribution is 7.84. The van der Waals surface area contributed by atoms with Gasteiger partial charge in [0.05, 0.1) is 33.3 Å². The molecule has 1 atom stereocenters. The molecule has 3 rings (SSSR count). The van der Waals surface area contributed by atoms with Crippen LogP contribution in [0.3, 0.4) is 0 Å². The molecule has 2 heterocycles. The zero-order chi connectivity index (χ0) is 15.9. The number of hydrogen-bond donors (Lipinski definition) is 1. The highest BCUT2D eigenvalue weighted by Gasteiger charge is 2.14. The molecule has 1 N–H and O–H groups in total. The van der Waals surface area contributed by atoms with Crippen LogP contribution in [-0.2, 0) is 16.6 Å². The van der Waals surface area contributed by atoms with E-state index in [0.717, 1.165) is 33.5 Å². The molecular formula is C16H16ClN3OS. The first-order valence-electron chi connectivity index (χ1n) is 6.91. The van der Waals surface area contributed by atoms with Crippen molar-refractivity contribution >= 4 is 33.4 Å². The molecule has 4 nitrogen and oxygen atoms in total. The van der Waals surface area contributed by atoms with Crippen LogP contribution in [0.25, 0.3) is 11.0 Å². The Labute approximate surface area is 136 Å². The van der Waals surface area contributed by atoms with E-state index in [2.05, 4.69) is 21.0 Å². The largest absolute Gasteiger partial charge is 0.331 e. The Bertz CT molecular complexity index is 888. The summed E-state index contributed by atoms with van der Waals surface area (Å²) in [6, 6.07) is 7.44. The number of benzene rings is 1. The second-order valence-electron chi connectivity index (χ2n) is 5.35. The van der Waals surface area contributed by atoms with E-state index in [9.17, 15) is 4.21 Å². The minimum atomic E-state index is -1.27. The number of imidazole rings is 1. The van der Waals surface area contributed by atoms with Crippen molar-refractivity contribution < 1.29 is 4.21 Å². The first-order valence-corrected chi connectivity index (χ1v) is 8.61. The topological polar surface area (TPSA) is 58.6 Å². The number of rotatable bonds is 3. The average Bonchev–Trinajstić information content (AvgIpc) is 2.87. The molecule has 2 aromatic heterocycles. The lowest BCUT2D eigenvalue weighted by molar-refractivity contribution is 0.676. The molecule has 22 heavy (non-hydrogen) atoms. The van der Waals surface area contributed by atoms with E-state index >= 15 is 0 Å². The van der Waals surface area contributed by atoms with Gasteiger partial charge in [0.25, 0.3) is 0 Å². The highest BCUT2D eigenvalue weighted by Crippen LogP contribution is 2.20. The van der Waals surface area contributed by atoms with Gasteiger partial charge in [0.2, 0.25) is 0 Å². The minimum Gasteiger partial charge on any atom is -0.331 e. The number of aromatic amines is 1. The smallest absolute Gasteiger partial charge is 0.197 e. The van der Waals surface area contributed by atoms with E-state index in [-0.39, 0.29) is 0 Å². The summed E-state index contributed by atoms with van der Waals surface area (Å²) in [5, 5.41) is 1.08. The van der Waals surface area contributed by atoms with Crippen molar-refractivity contribution in [1.29, 1.82) is 0 Å². The van der Waals surface area contributed by atoms with Crippen molar-refractivity contribution in [2.24, 2.45) is 0 Å². The molecule has 0 fully saturated rings. The van der Waals surface area contributed by atoms with E-state index < -0.39 is 10.8 Å². The minimum absolute atomic E-state index is 0.348. The van der Waals surface area contributed by atoms with Crippen LogP contribution in [0.15, 0.2) is 29.4 Å². The quantitative estimate of drug-likeness (QED) is 0.792. The summed E-state index contributed by atoms with van der Waals surface area (Å²) in [7, 11) is -1.27. The third-order valence-corrected chi connectivity index (χ3v) is 5.06. The van der Waals surface area contributed by atoms with Gasteiger partial charge in [0.15, 0.2) is 5.16 Å². The molecule has 0 spiro atoms. The Kier molecular flexibility index (Phi) is 4.02. The fourth-order valence-corrected chi connectivity index (χ4v) is 3.57. The summed E-state index contributed by atoms with van der Waals surface area (Å²) < 4.78 is 12.6. The molecule has 1 aromatic carbocycles. The van der Waals surface area contributed by atoms with Gasteiger partial charge in [-0.15, -0.1) is 0 Å². The summed E-state index contributed by atoms with van der Waals surface area (Å²) in [4.78, 5) is 12.0. The Morgan fingerprint density at radius 1 is 1.14 bits per heavy atom. The second-order valence-corrected chi connectivity index (χ2v) is 7.15. The van der Waals surface area contributed by atoms with Crippen LogP contribution in [-0.4, -0.2) is 19.2 Å². The van der Waals surface area contributed by atoms with E-state index in [1.807, 2.05) is 26.8 Å². The van der Waals surface area contributed by atoms with Crippen molar-refractivity contribution in [3.8, 4) is 0 Å². The molecule has 3 aromatic rings. The third-order valence-electron chi connectivity index (χ3n) is 3.67. The van der Waals surface area contributed by atoms with Crippen LogP contribution in [0.4, 0.5) is 0 Å². The molecule has 0 aliphatic carbocycles. The molecule has 0 radical (unpaired) electrons. The zero-order valence-corrected chi connectivity index (χ0v) is 14.2. The Morgan fingerprint density at radius 3 is 2.68 bits per heavy atom. The van der Waals surface area contributed by atoms with E-state index in [4.69, 9.17) is 11.6 Å². The lowest BCUT2D eigenvalue weighted by atomic mass is 10.1. The number of fused-ring (bicyclic) bond motifs is 1. The number of aromatic nitrogens is 3. The standard InChI is InChI=1S/C16H16ClN3OS/c1-9-6-10(2)15(18-11(9)3)8-22(21)16-19-13-5-4-12(17)7-14(13)20-16/h4-7H,8H2,1-3H3,(H,19,20). The van der Waals surface area contributed by atoms with Gasteiger partial charge < -0.3 is 4.98 Å². The predicted molar refractivity (Wildman–Crippen MR) is 89.7 cm³/mol. The van der Waals surface area contributed by atoms with Crippen molar-refractivity contribution in [1.82, 2.24) is 15.0 Å². The molecule has 1 unspecified atom stereocenters. The monoisotopic (exact) mass is 333 g/mol. The van der Waals surface area contributed by atoms with Gasteiger partial charge in [-0.05, 0) is 50.1 Å². The Hall–Kier alpha value is -1.72. The molecular weight excluding hydrogens is 318 g/mol. The summed E-state index contributed by atoms with van der Waals surface area (Å²) >= 11 is 5.96. The van der Waals surface area contributed by atoms with Crippen LogP contribution in [0.5, 0.6) is 0 Å². The first-order chi connectivity index (χ1) is 10.4. The van der Waals surface area contributed by atoms with Crippen LogP contribution in [0, 0.1) is 20.8 Å². The van der Waals surface area contributed by atoms with Gasteiger partial charge >= 0.3 is 0 Å². The molecule has 0 bridgehead atoms. The molecule has 0 aliphatic rings. The van der Waals surface area contributed by atoms with Gasteiger partial charge in [0, 0.05) is 10.7 Å². The lowest BCUT2D eigenvalue weighted by Crippen LogP contribution is -2.04. The van der Waals surface area contributed by atoms with Gasteiger partial charge in [-0.1, -0.05) is 17.7 Å². The molecule has 0 amide bonds. The zero-order valence-electron chi connectivity index (χ0n) is 12.6. The van der Waals surface area contributed by atoms with E-state index in [1.165, 1.54) is 0 Å². The van der Waals surface area contributed by atoms with Gasteiger partial charge in [-0.25, -0.2) is 4.98 Å².